The Morgan fingerprint density at radius 2 is 2.05 bits per heavy atom. The zero-order valence-electron chi connectivity index (χ0n) is 11.6. The van der Waals surface area contributed by atoms with Crippen molar-refractivity contribution in [1.29, 1.82) is 0 Å². The van der Waals surface area contributed by atoms with Crippen LogP contribution >= 0.6 is 11.3 Å². The van der Waals surface area contributed by atoms with Crippen LogP contribution in [-0.2, 0) is 0 Å². The second kappa shape index (κ2) is 5.98. The quantitative estimate of drug-likeness (QED) is 0.765. The second-order valence-electron chi connectivity index (χ2n) is 4.41. The van der Waals surface area contributed by atoms with Crippen molar-refractivity contribution in [3.05, 3.63) is 48.3 Å². The number of thiazole rings is 1. The van der Waals surface area contributed by atoms with Crippen LogP contribution in [0.25, 0.3) is 10.2 Å². The highest BCUT2D eigenvalue weighted by molar-refractivity contribution is 7.22. The number of aromatic nitrogens is 1. The van der Waals surface area contributed by atoms with Gasteiger partial charge in [0.15, 0.2) is 5.13 Å². The minimum Gasteiger partial charge on any atom is -0.497 e. The first-order chi connectivity index (χ1) is 10.7. The maximum Gasteiger partial charge on any atom is 0.325 e. The molecule has 112 valence electrons. The third kappa shape index (κ3) is 2.99. The van der Waals surface area contributed by atoms with Crippen molar-refractivity contribution in [3.63, 3.8) is 0 Å². The first-order valence-corrected chi connectivity index (χ1v) is 7.24. The number of benzene rings is 2. The summed E-state index contributed by atoms with van der Waals surface area (Å²) in [5, 5.41) is 5.46. The molecule has 0 radical (unpaired) electrons. The Morgan fingerprint density at radius 1 is 1.23 bits per heavy atom. The van der Waals surface area contributed by atoms with E-state index in [1.165, 1.54) is 23.5 Å². The monoisotopic (exact) mass is 317 g/mol. The number of ether oxygens (including phenoxy) is 1. The van der Waals surface area contributed by atoms with Gasteiger partial charge in [-0.15, -0.1) is 0 Å². The first-order valence-electron chi connectivity index (χ1n) is 6.43. The minimum atomic E-state index is -0.545. The highest BCUT2D eigenvalue weighted by atomic mass is 32.1. The van der Waals surface area contributed by atoms with Crippen molar-refractivity contribution in [1.82, 2.24) is 4.98 Å². The van der Waals surface area contributed by atoms with Gasteiger partial charge in [0.1, 0.15) is 11.6 Å². The molecule has 3 rings (SSSR count). The molecule has 2 N–H and O–H groups in total. The summed E-state index contributed by atoms with van der Waals surface area (Å²) in [6.07, 6.45) is 0. The van der Waals surface area contributed by atoms with Crippen LogP contribution in [0.3, 0.4) is 0 Å². The van der Waals surface area contributed by atoms with Gasteiger partial charge in [0.05, 0.1) is 23.0 Å². The van der Waals surface area contributed by atoms with Gasteiger partial charge in [0.25, 0.3) is 0 Å². The van der Waals surface area contributed by atoms with Crippen molar-refractivity contribution in [3.8, 4) is 5.75 Å². The van der Waals surface area contributed by atoms with E-state index in [9.17, 15) is 9.18 Å². The Kier molecular flexibility index (Phi) is 3.88. The van der Waals surface area contributed by atoms with E-state index in [0.717, 1.165) is 16.0 Å². The molecule has 1 aromatic heterocycles. The fourth-order valence-corrected chi connectivity index (χ4v) is 2.79. The van der Waals surface area contributed by atoms with Crippen LogP contribution in [0.4, 0.5) is 20.0 Å². The molecule has 0 aliphatic heterocycles. The standard InChI is InChI=1S/C15H12FN3O2S/c1-21-9-6-7-12-13(8-9)22-15(18-12)19-14(20)17-11-5-3-2-4-10(11)16/h2-8H,1H3,(H2,17,18,19,20). The molecule has 0 unspecified atom stereocenters. The topological polar surface area (TPSA) is 63.2 Å². The average molecular weight is 317 g/mol. The number of para-hydroxylation sites is 1. The molecule has 0 saturated carbocycles. The highest BCUT2D eigenvalue weighted by Gasteiger charge is 2.10. The van der Waals surface area contributed by atoms with Gasteiger partial charge in [-0.25, -0.2) is 14.2 Å². The third-order valence-corrected chi connectivity index (χ3v) is 3.87. The van der Waals surface area contributed by atoms with Crippen LogP contribution in [0.1, 0.15) is 0 Å². The number of amides is 2. The van der Waals surface area contributed by atoms with Gasteiger partial charge >= 0.3 is 6.03 Å². The first kappa shape index (κ1) is 14.3. The fourth-order valence-electron chi connectivity index (χ4n) is 1.90. The number of anilines is 2. The Morgan fingerprint density at radius 3 is 2.82 bits per heavy atom. The van der Waals surface area contributed by atoms with E-state index in [0.29, 0.717) is 5.13 Å². The average Bonchev–Trinajstić information content (AvgIpc) is 2.90. The summed E-state index contributed by atoms with van der Waals surface area (Å²) >= 11 is 1.31. The van der Waals surface area contributed by atoms with Crippen LogP contribution in [0.15, 0.2) is 42.5 Å². The molecule has 0 aliphatic rings. The predicted octanol–water partition coefficient (Wildman–Crippen LogP) is 4.09. The van der Waals surface area contributed by atoms with Gasteiger partial charge in [0, 0.05) is 0 Å². The molecule has 0 bridgehead atoms. The molecular formula is C15H12FN3O2S. The molecule has 5 nitrogen and oxygen atoms in total. The van der Waals surface area contributed by atoms with Gasteiger partial charge in [-0.2, -0.15) is 0 Å². The van der Waals surface area contributed by atoms with Crippen LogP contribution in [0, 0.1) is 5.82 Å². The Balaban J connectivity index is 1.75. The van der Waals surface area contributed by atoms with Crippen LogP contribution in [-0.4, -0.2) is 18.1 Å². The molecule has 2 aromatic carbocycles. The molecule has 0 aliphatic carbocycles. The summed E-state index contributed by atoms with van der Waals surface area (Å²) < 4.78 is 19.5. The smallest absolute Gasteiger partial charge is 0.325 e. The summed E-state index contributed by atoms with van der Waals surface area (Å²) in [6.45, 7) is 0. The molecule has 0 saturated heterocycles. The van der Waals surface area contributed by atoms with Gasteiger partial charge in [-0.3, -0.25) is 5.32 Å². The predicted molar refractivity (Wildman–Crippen MR) is 85.2 cm³/mol. The summed E-state index contributed by atoms with van der Waals surface area (Å²) in [6, 6.07) is 10.9. The van der Waals surface area contributed by atoms with E-state index >= 15 is 0 Å². The van der Waals surface area contributed by atoms with Crippen LogP contribution < -0.4 is 15.4 Å². The number of methoxy groups -OCH3 is 1. The number of nitrogens with zero attached hydrogens (tertiary/aromatic N) is 1. The number of halogens is 1. The summed E-state index contributed by atoms with van der Waals surface area (Å²) in [7, 11) is 1.59. The summed E-state index contributed by atoms with van der Waals surface area (Å²) in [4.78, 5) is 16.2. The van der Waals surface area contributed by atoms with Crippen molar-refractivity contribution in [2.75, 3.05) is 17.7 Å². The normalized spacial score (nSPS) is 10.5. The number of hydrogen-bond donors (Lipinski definition) is 2. The van der Waals surface area contributed by atoms with E-state index < -0.39 is 11.8 Å². The van der Waals surface area contributed by atoms with Gasteiger partial charge < -0.3 is 10.1 Å². The molecule has 2 amide bonds. The van der Waals surface area contributed by atoms with E-state index in [2.05, 4.69) is 15.6 Å². The maximum absolute atomic E-state index is 13.5. The minimum absolute atomic E-state index is 0.114. The molecule has 0 spiro atoms. The SMILES string of the molecule is COc1ccc2nc(NC(=O)Nc3ccccc3F)sc2c1. The van der Waals surface area contributed by atoms with Crippen molar-refractivity contribution >= 4 is 38.4 Å². The zero-order chi connectivity index (χ0) is 15.5. The Hall–Kier alpha value is -2.67. The van der Waals surface area contributed by atoms with E-state index in [-0.39, 0.29) is 5.69 Å². The van der Waals surface area contributed by atoms with Crippen molar-refractivity contribution < 1.29 is 13.9 Å². The van der Waals surface area contributed by atoms with E-state index in [4.69, 9.17) is 4.74 Å². The number of fused-ring (bicyclic) bond motifs is 1. The number of rotatable bonds is 3. The third-order valence-electron chi connectivity index (χ3n) is 2.94. The Bertz CT molecular complexity index is 835. The summed E-state index contributed by atoms with van der Waals surface area (Å²) in [5.41, 5.74) is 0.870. The van der Waals surface area contributed by atoms with Crippen molar-refractivity contribution in [2.24, 2.45) is 0 Å². The molecule has 7 heteroatoms. The highest BCUT2D eigenvalue weighted by Crippen LogP contribution is 2.29. The Labute approximate surface area is 129 Å². The van der Waals surface area contributed by atoms with Crippen LogP contribution in [0.2, 0.25) is 0 Å². The van der Waals surface area contributed by atoms with E-state index in [1.54, 1.807) is 25.3 Å². The molecule has 0 fully saturated rings. The number of hydrogen-bond acceptors (Lipinski definition) is 4. The van der Waals surface area contributed by atoms with E-state index in [1.807, 2.05) is 12.1 Å². The molecule has 0 atom stereocenters. The number of urea groups is 1. The zero-order valence-corrected chi connectivity index (χ0v) is 12.4. The molecule has 1 heterocycles. The largest absolute Gasteiger partial charge is 0.497 e. The van der Waals surface area contributed by atoms with Gasteiger partial charge in [-0.1, -0.05) is 23.5 Å². The molecular weight excluding hydrogens is 305 g/mol. The number of carbonyl (C=O) groups is 1. The van der Waals surface area contributed by atoms with Crippen LogP contribution in [0.5, 0.6) is 5.75 Å². The molecule has 22 heavy (non-hydrogen) atoms. The van der Waals surface area contributed by atoms with Crippen molar-refractivity contribution in [2.45, 2.75) is 0 Å². The van der Waals surface area contributed by atoms with Gasteiger partial charge in [0.2, 0.25) is 0 Å². The van der Waals surface area contributed by atoms with Gasteiger partial charge in [-0.05, 0) is 30.3 Å². The maximum atomic E-state index is 13.5. The lowest BCUT2D eigenvalue weighted by Crippen LogP contribution is -2.19. The second-order valence-corrected chi connectivity index (χ2v) is 5.44. The fraction of sp³-hybridized carbons (Fsp3) is 0.0667. The lowest BCUT2D eigenvalue weighted by Gasteiger charge is -2.05. The lowest BCUT2D eigenvalue weighted by atomic mass is 10.3. The number of nitrogens with one attached hydrogen (secondary N) is 2. The summed E-state index contributed by atoms with van der Waals surface area (Å²) in [5.74, 6) is 0.227. The lowest BCUT2D eigenvalue weighted by molar-refractivity contribution is 0.262. The molecule has 3 aromatic rings. The number of carbonyl (C=O) groups excluding carboxylic acids is 1.